The Kier molecular flexibility index (Phi) is 8.75. The molecular weight excluding hydrogens is 482 g/mol. The van der Waals surface area contributed by atoms with Crippen LogP contribution in [0.4, 0.5) is 5.69 Å². The Morgan fingerprint density at radius 3 is 2.24 bits per heavy atom. The largest absolute Gasteiger partial charge is 0.478 e. The Balaban J connectivity index is 1.32. The number of fused-ring (bicyclic) bond motifs is 1. The van der Waals surface area contributed by atoms with Crippen LogP contribution in [0.3, 0.4) is 0 Å². The van der Waals surface area contributed by atoms with Crippen molar-refractivity contribution >= 4 is 39.7 Å². The lowest BCUT2D eigenvalue weighted by Crippen LogP contribution is -2.18. The van der Waals surface area contributed by atoms with Crippen molar-refractivity contribution in [1.82, 2.24) is 0 Å². The maximum absolute atomic E-state index is 11.2. The molecule has 3 aromatic carbocycles. The van der Waals surface area contributed by atoms with Gasteiger partial charge in [0.2, 0.25) is 0 Å². The molecule has 5 nitrogen and oxygen atoms in total. The zero-order valence-electron chi connectivity index (χ0n) is 21.0. The molecule has 0 saturated heterocycles. The van der Waals surface area contributed by atoms with Crippen molar-refractivity contribution < 1.29 is 19.4 Å². The number of rotatable bonds is 12. The molecule has 37 heavy (non-hydrogen) atoms. The lowest BCUT2D eigenvalue weighted by Gasteiger charge is -2.19. The van der Waals surface area contributed by atoms with Gasteiger partial charge in [-0.25, -0.2) is 9.59 Å². The van der Waals surface area contributed by atoms with E-state index in [1.54, 1.807) is 23.5 Å². The smallest absolute Gasteiger partial charge is 0.335 e. The Bertz CT molecular complexity index is 1390. The Morgan fingerprint density at radius 2 is 1.51 bits per heavy atom. The number of hydrogen-bond acceptors (Lipinski definition) is 5. The van der Waals surface area contributed by atoms with Gasteiger partial charge in [-0.05, 0) is 83.6 Å². The monoisotopic (exact) mass is 513 g/mol. The fourth-order valence-electron chi connectivity index (χ4n) is 4.23. The van der Waals surface area contributed by atoms with Gasteiger partial charge in [-0.1, -0.05) is 43.3 Å². The van der Waals surface area contributed by atoms with E-state index in [0.29, 0.717) is 12.2 Å². The van der Waals surface area contributed by atoms with Crippen molar-refractivity contribution in [1.29, 1.82) is 0 Å². The molecule has 0 amide bonds. The number of carbonyl (C=O) groups excluding carboxylic acids is 1. The highest BCUT2D eigenvalue weighted by Gasteiger charge is 2.09. The van der Waals surface area contributed by atoms with Crippen LogP contribution < -0.4 is 4.90 Å². The topological polar surface area (TPSA) is 66.8 Å². The maximum atomic E-state index is 11.2. The summed E-state index contributed by atoms with van der Waals surface area (Å²) in [6, 6.07) is 24.4. The van der Waals surface area contributed by atoms with E-state index in [1.807, 2.05) is 12.1 Å². The van der Waals surface area contributed by atoms with Crippen molar-refractivity contribution in [2.45, 2.75) is 25.7 Å². The number of carboxylic acids is 1. The Hall–Kier alpha value is -3.90. The van der Waals surface area contributed by atoms with E-state index in [9.17, 15) is 14.7 Å². The first-order chi connectivity index (χ1) is 17.9. The lowest BCUT2D eigenvalue weighted by molar-refractivity contribution is -0.137. The van der Waals surface area contributed by atoms with Crippen molar-refractivity contribution in [3.05, 3.63) is 91.0 Å². The summed E-state index contributed by atoms with van der Waals surface area (Å²) in [5.41, 5.74) is 3.81. The van der Waals surface area contributed by atoms with Crippen molar-refractivity contribution in [2.75, 3.05) is 25.1 Å². The van der Waals surface area contributed by atoms with E-state index in [4.69, 9.17) is 4.74 Å². The molecule has 0 saturated carbocycles. The van der Waals surface area contributed by atoms with E-state index >= 15 is 0 Å². The SMILES string of the molecule is C=CC(=O)OCCCCCCN(C)c1ccc(-c2ccc(-c3ccc4cc(C(=O)O)ccc4c3)s2)cc1. The summed E-state index contributed by atoms with van der Waals surface area (Å²) in [6.45, 7) is 4.83. The third-order valence-corrected chi connectivity index (χ3v) is 7.55. The highest BCUT2D eigenvalue weighted by atomic mass is 32.1. The fraction of sp³-hybridized carbons (Fsp3) is 0.226. The first-order valence-electron chi connectivity index (χ1n) is 12.4. The van der Waals surface area contributed by atoms with Gasteiger partial charge in [0.25, 0.3) is 0 Å². The number of thiophene rings is 1. The third-order valence-electron chi connectivity index (χ3n) is 6.37. The quantitative estimate of drug-likeness (QED) is 0.120. The van der Waals surface area contributed by atoms with Gasteiger partial charge in [-0.2, -0.15) is 0 Å². The molecule has 0 spiro atoms. The predicted octanol–water partition coefficient (Wildman–Crippen LogP) is 7.66. The first kappa shape index (κ1) is 26.2. The second kappa shape index (κ2) is 12.4. The average Bonchev–Trinajstić information content (AvgIpc) is 3.42. The maximum Gasteiger partial charge on any atom is 0.335 e. The molecule has 0 aliphatic rings. The minimum absolute atomic E-state index is 0.302. The summed E-state index contributed by atoms with van der Waals surface area (Å²) < 4.78 is 5.01. The lowest BCUT2D eigenvalue weighted by atomic mass is 10.0. The summed E-state index contributed by atoms with van der Waals surface area (Å²) in [4.78, 5) is 26.9. The van der Waals surface area contributed by atoms with Gasteiger partial charge in [-0.3, -0.25) is 0 Å². The summed E-state index contributed by atoms with van der Waals surface area (Å²) in [5.74, 6) is -1.26. The molecule has 0 radical (unpaired) electrons. The van der Waals surface area contributed by atoms with Gasteiger partial charge in [0.15, 0.2) is 0 Å². The highest BCUT2D eigenvalue weighted by molar-refractivity contribution is 7.18. The number of unbranched alkanes of at least 4 members (excludes halogenated alkanes) is 3. The number of esters is 1. The number of nitrogens with zero attached hydrogens (tertiary/aromatic N) is 1. The van der Waals surface area contributed by atoms with Crippen molar-refractivity contribution in [3.8, 4) is 20.9 Å². The number of benzene rings is 3. The van der Waals surface area contributed by atoms with Crippen molar-refractivity contribution in [2.24, 2.45) is 0 Å². The minimum Gasteiger partial charge on any atom is -0.478 e. The molecule has 1 N–H and O–H groups in total. The Labute approximate surface area is 221 Å². The predicted molar refractivity (Wildman–Crippen MR) is 153 cm³/mol. The van der Waals surface area contributed by atoms with Gasteiger partial charge in [0.05, 0.1) is 12.2 Å². The van der Waals surface area contributed by atoms with E-state index in [2.05, 4.69) is 67.1 Å². The summed E-state index contributed by atoms with van der Waals surface area (Å²) in [6.07, 6.45) is 5.31. The first-order valence-corrected chi connectivity index (χ1v) is 13.2. The number of ether oxygens (including phenoxy) is 1. The van der Waals surface area contributed by atoms with E-state index in [0.717, 1.165) is 48.6 Å². The number of carbonyl (C=O) groups is 2. The number of hydrogen-bond donors (Lipinski definition) is 1. The molecule has 1 heterocycles. The average molecular weight is 514 g/mol. The molecule has 0 fully saturated rings. The molecule has 0 bridgehead atoms. The second-order valence-corrected chi connectivity index (χ2v) is 10.1. The highest BCUT2D eigenvalue weighted by Crippen LogP contribution is 2.36. The molecule has 0 unspecified atom stereocenters. The molecule has 0 atom stereocenters. The zero-order valence-corrected chi connectivity index (χ0v) is 21.8. The van der Waals surface area contributed by atoms with E-state index in [-0.39, 0.29) is 5.97 Å². The van der Waals surface area contributed by atoms with Crippen LogP contribution in [0.15, 0.2) is 85.5 Å². The third kappa shape index (κ3) is 6.86. The van der Waals surface area contributed by atoms with Crippen LogP contribution in [0.5, 0.6) is 0 Å². The zero-order chi connectivity index (χ0) is 26.2. The molecule has 4 aromatic rings. The molecule has 4 rings (SSSR count). The summed E-state index contributed by atoms with van der Waals surface area (Å²) in [5, 5.41) is 11.2. The molecule has 0 aliphatic carbocycles. The van der Waals surface area contributed by atoms with Crippen LogP contribution in [-0.4, -0.2) is 37.2 Å². The van der Waals surface area contributed by atoms with Gasteiger partial charge in [0.1, 0.15) is 0 Å². The molecule has 0 aliphatic heterocycles. The van der Waals surface area contributed by atoms with E-state index in [1.165, 1.54) is 27.1 Å². The van der Waals surface area contributed by atoms with Gasteiger partial charge < -0.3 is 14.7 Å². The van der Waals surface area contributed by atoms with Crippen LogP contribution in [-0.2, 0) is 9.53 Å². The summed E-state index contributed by atoms with van der Waals surface area (Å²) in [7, 11) is 2.11. The van der Waals surface area contributed by atoms with Gasteiger partial charge in [-0.15, -0.1) is 11.3 Å². The number of aromatic carboxylic acids is 1. The Morgan fingerprint density at radius 1 is 0.865 bits per heavy atom. The van der Waals surface area contributed by atoms with Crippen LogP contribution in [0, 0.1) is 0 Å². The fourth-order valence-corrected chi connectivity index (χ4v) is 5.23. The standard InChI is InChI=1S/C31H31NO4S/c1-3-30(33)36-19-7-5-4-6-18-32(2)27-14-12-22(13-15-27)28-16-17-29(37-28)25-10-8-24-21-26(31(34)35)11-9-23(24)20-25/h3,8-17,20-21H,1,4-7,18-19H2,2H3,(H,34,35). The van der Waals surface area contributed by atoms with Crippen LogP contribution >= 0.6 is 11.3 Å². The minimum atomic E-state index is -0.910. The van der Waals surface area contributed by atoms with E-state index < -0.39 is 5.97 Å². The van der Waals surface area contributed by atoms with Gasteiger partial charge in [0, 0.05) is 35.1 Å². The van der Waals surface area contributed by atoms with Crippen LogP contribution in [0.2, 0.25) is 0 Å². The van der Waals surface area contributed by atoms with Crippen LogP contribution in [0.25, 0.3) is 31.7 Å². The molecule has 190 valence electrons. The molecule has 6 heteroatoms. The second-order valence-electron chi connectivity index (χ2n) is 9.00. The van der Waals surface area contributed by atoms with Crippen LogP contribution in [0.1, 0.15) is 36.0 Å². The number of anilines is 1. The van der Waals surface area contributed by atoms with Gasteiger partial charge >= 0.3 is 11.9 Å². The van der Waals surface area contributed by atoms with Crippen molar-refractivity contribution in [3.63, 3.8) is 0 Å². The normalized spacial score (nSPS) is 10.8. The number of carboxylic acid groups (broad SMARTS) is 1. The molecular formula is C31H31NO4S. The molecule has 1 aromatic heterocycles. The summed E-state index contributed by atoms with van der Waals surface area (Å²) >= 11 is 1.75.